The van der Waals surface area contributed by atoms with Crippen LogP contribution in [-0.2, 0) is 4.79 Å². The Kier molecular flexibility index (Phi) is 5.96. The number of likely N-dealkylation sites (N-methyl/N-ethyl adjacent to an activating group) is 1. The zero-order chi connectivity index (χ0) is 19.6. The van der Waals surface area contributed by atoms with Gasteiger partial charge in [0.15, 0.2) is 0 Å². The fraction of sp³-hybridized carbons (Fsp3) is 0.368. The normalized spacial score (nSPS) is 16.0. The van der Waals surface area contributed by atoms with E-state index in [9.17, 15) is 9.59 Å². The second-order valence-corrected chi connectivity index (χ2v) is 7.99. The maximum absolute atomic E-state index is 13.2. The van der Waals surface area contributed by atoms with Gasteiger partial charge in [0.2, 0.25) is 0 Å². The number of anilines is 1. The minimum atomic E-state index is -0.189. The summed E-state index contributed by atoms with van der Waals surface area (Å²) in [5, 5.41) is 0. The average molecular weight is 403 g/mol. The molecule has 0 atom stereocenters. The number of carbonyl (C=O) groups excluding carboxylic acids is 1. The smallest absolute Gasteiger partial charge is 0.267 e. The number of thiocarbonyl (C=S) groups is 1. The summed E-state index contributed by atoms with van der Waals surface area (Å²) in [6, 6.07) is 5.47. The van der Waals surface area contributed by atoms with Crippen LogP contribution in [0.1, 0.15) is 32.3 Å². The first-order valence-corrected chi connectivity index (χ1v) is 10.2. The van der Waals surface area contributed by atoms with Crippen molar-refractivity contribution in [1.29, 1.82) is 0 Å². The molecule has 0 saturated carbocycles. The summed E-state index contributed by atoms with van der Waals surface area (Å²) in [6.45, 7) is 5.77. The number of pyridine rings is 1. The Morgan fingerprint density at radius 2 is 1.93 bits per heavy atom. The van der Waals surface area contributed by atoms with Gasteiger partial charge in [-0.3, -0.25) is 18.9 Å². The van der Waals surface area contributed by atoms with Crippen LogP contribution >= 0.6 is 24.0 Å². The Morgan fingerprint density at radius 1 is 1.22 bits per heavy atom. The predicted octanol–water partition coefficient (Wildman–Crippen LogP) is 3.15. The number of amides is 1. The first kappa shape index (κ1) is 19.6. The van der Waals surface area contributed by atoms with Crippen LogP contribution in [0.2, 0.25) is 0 Å². The monoisotopic (exact) mass is 402 g/mol. The molecule has 6 nitrogen and oxygen atoms in total. The Labute approximate surface area is 167 Å². The number of nitrogens with zero attached hydrogens (tertiary/aromatic N) is 4. The predicted molar refractivity (Wildman–Crippen MR) is 115 cm³/mol. The van der Waals surface area contributed by atoms with Crippen molar-refractivity contribution >= 4 is 51.7 Å². The summed E-state index contributed by atoms with van der Waals surface area (Å²) in [4.78, 5) is 34.4. The van der Waals surface area contributed by atoms with E-state index in [1.54, 1.807) is 25.4 Å². The van der Waals surface area contributed by atoms with Crippen molar-refractivity contribution in [2.45, 2.75) is 26.7 Å². The minimum Gasteiger partial charge on any atom is -0.356 e. The second-order valence-electron chi connectivity index (χ2n) is 6.31. The minimum absolute atomic E-state index is 0.186. The van der Waals surface area contributed by atoms with Gasteiger partial charge in [-0.25, -0.2) is 4.98 Å². The van der Waals surface area contributed by atoms with E-state index in [2.05, 4.69) is 18.7 Å². The molecule has 1 saturated heterocycles. The molecular formula is C19H22N4O2S2. The number of thioether (sulfide) groups is 1. The van der Waals surface area contributed by atoms with Crippen LogP contribution in [0.15, 0.2) is 34.1 Å². The van der Waals surface area contributed by atoms with Crippen molar-refractivity contribution < 1.29 is 4.79 Å². The standard InChI is InChI=1S/C19H22N4O2S2/c1-4-9-22(10-5-2)16-13(12-14-18(25)21(3)19(26)27-14)17(24)23-11-7-6-8-15(23)20-16/h6-8,11-12H,4-5,9-10H2,1-3H3. The molecule has 3 heterocycles. The van der Waals surface area contributed by atoms with Crippen LogP contribution in [-0.4, -0.2) is 44.6 Å². The van der Waals surface area contributed by atoms with E-state index >= 15 is 0 Å². The van der Waals surface area contributed by atoms with Crippen molar-refractivity contribution in [3.8, 4) is 0 Å². The Hall–Kier alpha value is -2.19. The van der Waals surface area contributed by atoms with Gasteiger partial charge in [0.25, 0.3) is 11.5 Å². The van der Waals surface area contributed by atoms with E-state index in [1.165, 1.54) is 21.1 Å². The first-order chi connectivity index (χ1) is 13.0. The van der Waals surface area contributed by atoms with Crippen molar-refractivity contribution in [3.63, 3.8) is 0 Å². The van der Waals surface area contributed by atoms with Gasteiger partial charge in [0.05, 0.1) is 10.5 Å². The molecule has 1 fully saturated rings. The highest BCUT2D eigenvalue weighted by atomic mass is 32.2. The molecule has 2 aromatic heterocycles. The largest absolute Gasteiger partial charge is 0.356 e. The Balaban J connectivity index is 2.24. The molecule has 0 spiro atoms. The molecule has 0 N–H and O–H groups in total. The van der Waals surface area contributed by atoms with Crippen molar-refractivity contribution in [3.05, 3.63) is 45.2 Å². The molecule has 0 aliphatic carbocycles. The topological polar surface area (TPSA) is 57.9 Å². The van der Waals surface area contributed by atoms with Crippen LogP contribution in [0.25, 0.3) is 11.7 Å². The van der Waals surface area contributed by atoms with Crippen LogP contribution in [0.4, 0.5) is 5.82 Å². The molecule has 27 heavy (non-hydrogen) atoms. The Bertz CT molecular complexity index is 977. The molecule has 0 bridgehead atoms. The average Bonchev–Trinajstić information content (AvgIpc) is 2.90. The van der Waals surface area contributed by atoms with Gasteiger partial charge < -0.3 is 4.90 Å². The molecule has 8 heteroatoms. The van der Waals surface area contributed by atoms with Gasteiger partial charge in [-0.05, 0) is 31.1 Å². The first-order valence-electron chi connectivity index (χ1n) is 8.95. The van der Waals surface area contributed by atoms with E-state index in [1.807, 2.05) is 12.1 Å². The van der Waals surface area contributed by atoms with Gasteiger partial charge in [-0.15, -0.1) is 0 Å². The van der Waals surface area contributed by atoms with Gasteiger partial charge in [0.1, 0.15) is 15.8 Å². The lowest BCUT2D eigenvalue weighted by atomic mass is 10.2. The Morgan fingerprint density at radius 3 is 2.52 bits per heavy atom. The van der Waals surface area contributed by atoms with Crippen molar-refractivity contribution in [2.75, 3.05) is 25.0 Å². The number of aromatic nitrogens is 2. The van der Waals surface area contributed by atoms with E-state index in [0.717, 1.165) is 25.9 Å². The third-order valence-electron chi connectivity index (χ3n) is 4.30. The number of rotatable bonds is 6. The van der Waals surface area contributed by atoms with Gasteiger partial charge in [0, 0.05) is 26.3 Å². The van der Waals surface area contributed by atoms with Crippen LogP contribution in [0.3, 0.4) is 0 Å². The lowest BCUT2D eigenvalue weighted by Gasteiger charge is -2.24. The second kappa shape index (κ2) is 8.22. The van der Waals surface area contributed by atoms with Gasteiger partial charge >= 0.3 is 0 Å². The van der Waals surface area contributed by atoms with Gasteiger partial charge in [-0.1, -0.05) is 43.9 Å². The summed E-state index contributed by atoms with van der Waals surface area (Å²) < 4.78 is 2.00. The van der Waals surface area contributed by atoms with E-state index in [4.69, 9.17) is 17.2 Å². The molecular weight excluding hydrogens is 380 g/mol. The van der Waals surface area contributed by atoms with Crippen LogP contribution in [0, 0.1) is 0 Å². The van der Waals surface area contributed by atoms with E-state index in [0.29, 0.717) is 26.3 Å². The molecule has 0 aromatic carbocycles. The highest BCUT2D eigenvalue weighted by Crippen LogP contribution is 2.32. The molecule has 1 amide bonds. The van der Waals surface area contributed by atoms with Crippen LogP contribution < -0.4 is 10.5 Å². The molecule has 2 aromatic rings. The summed E-state index contributed by atoms with van der Waals surface area (Å²) in [5.41, 5.74) is 0.832. The molecule has 1 aliphatic heterocycles. The summed E-state index contributed by atoms with van der Waals surface area (Å²) >= 11 is 6.42. The molecule has 0 radical (unpaired) electrons. The number of fused-ring (bicyclic) bond motifs is 1. The lowest BCUT2D eigenvalue weighted by Crippen LogP contribution is -2.31. The zero-order valence-corrected chi connectivity index (χ0v) is 17.3. The summed E-state index contributed by atoms with van der Waals surface area (Å²) in [7, 11) is 1.64. The number of hydrogen-bond donors (Lipinski definition) is 0. The highest BCUT2D eigenvalue weighted by Gasteiger charge is 2.30. The molecule has 142 valence electrons. The molecule has 0 unspecified atom stereocenters. The third kappa shape index (κ3) is 3.77. The van der Waals surface area contributed by atoms with Gasteiger partial charge in [-0.2, -0.15) is 0 Å². The van der Waals surface area contributed by atoms with Crippen molar-refractivity contribution in [2.24, 2.45) is 0 Å². The summed E-state index contributed by atoms with van der Waals surface area (Å²) in [6.07, 6.45) is 5.21. The molecule has 1 aliphatic rings. The SMILES string of the molecule is CCCN(CCC)c1nc2ccccn2c(=O)c1C=C1SC(=S)N(C)C1=O. The highest BCUT2D eigenvalue weighted by molar-refractivity contribution is 8.26. The fourth-order valence-corrected chi connectivity index (χ4v) is 4.16. The maximum Gasteiger partial charge on any atom is 0.267 e. The van der Waals surface area contributed by atoms with Crippen LogP contribution in [0.5, 0.6) is 0 Å². The van der Waals surface area contributed by atoms with E-state index in [-0.39, 0.29) is 11.5 Å². The lowest BCUT2D eigenvalue weighted by molar-refractivity contribution is -0.121. The number of carbonyl (C=O) groups is 1. The third-order valence-corrected chi connectivity index (χ3v) is 5.78. The quantitative estimate of drug-likeness (QED) is 0.546. The van der Waals surface area contributed by atoms with Crippen molar-refractivity contribution in [1.82, 2.24) is 14.3 Å². The maximum atomic E-state index is 13.2. The number of hydrogen-bond acceptors (Lipinski definition) is 6. The summed E-state index contributed by atoms with van der Waals surface area (Å²) in [5.74, 6) is 0.433. The zero-order valence-electron chi connectivity index (χ0n) is 15.6. The van der Waals surface area contributed by atoms with E-state index < -0.39 is 0 Å². The molecule has 3 rings (SSSR count). The fourth-order valence-electron chi connectivity index (χ4n) is 3.00.